The predicted octanol–water partition coefficient (Wildman–Crippen LogP) is 2.42. The molecule has 0 radical (unpaired) electrons. The molecule has 5 heteroatoms. The molecule has 0 amide bonds. The van der Waals surface area contributed by atoms with Crippen LogP contribution in [0.2, 0.25) is 0 Å². The van der Waals surface area contributed by atoms with Crippen molar-refractivity contribution in [3.8, 4) is 0 Å². The lowest BCUT2D eigenvalue weighted by atomic mass is 10.1. The largest absolute Gasteiger partial charge is 0.378 e. The van der Waals surface area contributed by atoms with Gasteiger partial charge >= 0.3 is 0 Å². The minimum atomic E-state index is 0.315. The van der Waals surface area contributed by atoms with Gasteiger partial charge in [0.25, 0.3) is 0 Å². The minimum Gasteiger partial charge on any atom is -0.378 e. The second kappa shape index (κ2) is 5.73. The smallest absolute Gasteiger partial charge is 0.161 e. The van der Waals surface area contributed by atoms with Crippen LogP contribution in [0.5, 0.6) is 0 Å². The standard InChI is InChI=1S/C16H22N4O/c1-2-10-21-12(5-1)11-15-19-13-6-3-9-18-16(13)20(15)14-7-4-8-17-14/h3,6,9,12,14,17H,1-2,4-5,7-8,10-11H2. The van der Waals surface area contributed by atoms with Crippen molar-refractivity contribution in [1.82, 2.24) is 19.9 Å². The van der Waals surface area contributed by atoms with E-state index in [-0.39, 0.29) is 0 Å². The highest BCUT2D eigenvalue weighted by Gasteiger charge is 2.25. The number of rotatable bonds is 3. The quantitative estimate of drug-likeness (QED) is 0.941. The summed E-state index contributed by atoms with van der Waals surface area (Å²) in [5.74, 6) is 1.12. The van der Waals surface area contributed by atoms with Crippen LogP contribution in [0, 0.1) is 0 Å². The molecule has 112 valence electrons. The zero-order valence-electron chi connectivity index (χ0n) is 12.3. The van der Waals surface area contributed by atoms with Gasteiger partial charge in [-0.15, -0.1) is 0 Å². The van der Waals surface area contributed by atoms with E-state index in [1.807, 2.05) is 12.3 Å². The summed E-state index contributed by atoms with van der Waals surface area (Å²) in [5.41, 5.74) is 2.00. The van der Waals surface area contributed by atoms with Gasteiger partial charge in [0.2, 0.25) is 0 Å². The summed E-state index contributed by atoms with van der Waals surface area (Å²) in [4.78, 5) is 9.39. The van der Waals surface area contributed by atoms with Gasteiger partial charge in [0.1, 0.15) is 11.3 Å². The topological polar surface area (TPSA) is 52.0 Å². The Labute approximate surface area is 124 Å². The molecule has 2 fully saturated rings. The maximum absolute atomic E-state index is 5.90. The van der Waals surface area contributed by atoms with Gasteiger partial charge in [0, 0.05) is 19.2 Å². The van der Waals surface area contributed by atoms with Gasteiger partial charge in [0.05, 0.1) is 12.3 Å². The lowest BCUT2D eigenvalue weighted by molar-refractivity contribution is 0.0150. The molecule has 0 spiro atoms. The number of ether oxygens (including phenoxy) is 1. The van der Waals surface area contributed by atoms with E-state index in [0.29, 0.717) is 12.3 Å². The van der Waals surface area contributed by atoms with Crippen LogP contribution in [0.25, 0.3) is 11.2 Å². The molecule has 2 aliphatic heterocycles. The Morgan fingerprint density at radius 3 is 3.10 bits per heavy atom. The highest BCUT2D eigenvalue weighted by Crippen LogP contribution is 2.26. The summed E-state index contributed by atoms with van der Waals surface area (Å²) >= 11 is 0. The minimum absolute atomic E-state index is 0.315. The Morgan fingerprint density at radius 2 is 2.29 bits per heavy atom. The van der Waals surface area contributed by atoms with Crippen molar-refractivity contribution < 1.29 is 4.74 Å². The van der Waals surface area contributed by atoms with Gasteiger partial charge in [-0.3, -0.25) is 9.88 Å². The fourth-order valence-electron chi connectivity index (χ4n) is 3.51. The summed E-state index contributed by atoms with van der Waals surface area (Å²) < 4.78 is 8.21. The van der Waals surface area contributed by atoms with E-state index in [4.69, 9.17) is 9.72 Å². The summed E-state index contributed by atoms with van der Waals surface area (Å²) in [7, 11) is 0. The van der Waals surface area contributed by atoms with Gasteiger partial charge in [-0.25, -0.2) is 9.97 Å². The average Bonchev–Trinajstić information content (AvgIpc) is 3.14. The molecule has 0 aromatic carbocycles. The molecular weight excluding hydrogens is 264 g/mol. The molecule has 2 aliphatic rings. The van der Waals surface area contributed by atoms with Crippen LogP contribution in [0.4, 0.5) is 0 Å². The SMILES string of the molecule is c1cnc2c(c1)nc(CC1CCCCO1)n2C1CCCN1. The zero-order chi connectivity index (χ0) is 14.1. The van der Waals surface area contributed by atoms with Crippen LogP contribution >= 0.6 is 0 Å². The van der Waals surface area contributed by atoms with Crippen LogP contribution in [0.3, 0.4) is 0 Å². The van der Waals surface area contributed by atoms with Gasteiger partial charge in [0.15, 0.2) is 5.65 Å². The van der Waals surface area contributed by atoms with E-state index in [9.17, 15) is 0 Å². The van der Waals surface area contributed by atoms with Crippen molar-refractivity contribution in [2.45, 2.75) is 50.8 Å². The van der Waals surface area contributed by atoms with E-state index >= 15 is 0 Å². The van der Waals surface area contributed by atoms with Crippen LogP contribution in [0.1, 0.15) is 44.1 Å². The number of pyridine rings is 1. The van der Waals surface area contributed by atoms with E-state index in [2.05, 4.69) is 20.9 Å². The zero-order valence-corrected chi connectivity index (χ0v) is 12.3. The molecule has 2 unspecified atom stereocenters. The van der Waals surface area contributed by atoms with Crippen molar-refractivity contribution in [1.29, 1.82) is 0 Å². The monoisotopic (exact) mass is 286 g/mol. The Morgan fingerprint density at radius 1 is 1.29 bits per heavy atom. The molecule has 2 saturated heterocycles. The van der Waals surface area contributed by atoms with Gasteiger partial charge < -0.3 is 4.74 Å². The summed E-state index contributed by atoms with van der Waals surface area (Å²) in [6.07, 6.45) is 9.39. The molecule has 4 heterocycles. The third-order valence-corrected chi connectivity index (χ3v) is 4.55. The molecule has 1 N–H and O–H groups in total. The molecule has 0 saturated carbocycles. The molecular formula is C16H22N4O. The molecule has 2 atom stereocenters. The Kier molecular flexibility index (Phi) is 3.61. The predicted molar refractivity (Wildman–Crippen MR) is 81.1 cm³/mol. The van der Waals surface area contributed by atoms with Crippen molar-refractivity contribution in [2.75, 3.05) is 13.2 Å². The van der Waals surface area contributed by atoms with Gasteiger partial charge in [-0.05, 0) is 50.8 Å². The van der Waals surface area contributed by atoms with E-state index in [1.165, 1.54) is 19.3 Å². The molecule has 0 bridgehead atoms. The summed E-state index contributed by atoms with van der Waals surface area (Å²) in [6, 6.07) is 4.02. The Balaban J connectivity index is 1.70. The number of aromatic nitrogens is 3. The average molecular weight is 286 g/mol. The molecule has 0 aliphatic carbocycles. The lowest BCUT2D eigenvalue weighted by Gasteiger charge is -2.23. The third-order valence-electron chi connectivity index (χ3n) is 4.55. The lowest BCUT2D eigenvalue weighted by Crippen LogP contribution is -2.26. The molecule has 5 nitrogen and oxygen atoms in total. The van der Waals surface area contributed by atoms with Gasteiger partial charge in [-0.2, -0.15) is 0 Å². The van der Waals surface area contributed by atoms with Crippen molar-refractivity contribution in [3.63, 3.8) is 0 Å². The third kappa shape index (κ3) is 2.56. The van der Waals surface area contributed by atoms with E-state index in [1.54, 1.807) is 0 Å². The number of fused-ring (bicyclic) bond motifs is 1. The first-order chi connectivity index (χ1) is 10.4. The Hall–Kier alpha value is -1.46. The number of nitrogens with one attached hydrogen (secondary N) is 1. The highest BCUT2D eigenvalue weighted by atomic mass is 16.5. The first-order valence-electron chi connectivity index (χ1n) is 8.08. The molecule has 21 heavy (non-hydrogen) atoms. The number of hydrogen-bond acceptors (Lipinski definition) is 4. The Bertz CT molecular complexity index is 612. The maximum atomic E-state index is 5.90. The molecule has 2 aromatic heterocycles. The molecule has 4 rings (SSSR count). The fourth-order valence-corrected chi connectivity index (χ4v) is 3.51. The first-order valence-corrected chi connectivity index (χ1v) is 8.08. The van der Waals surface area contributed by atoms with Crippen molar-refractivity contribution >= 4 is 11.2 Å². The summed E-state index contributed by atoms with van der Waals surface area (Å²) in [6.45, 7) is 1.97. The van der Waals surface area contributed by atoms with Crippen LogP contribution in [-0.4, -0.2) is 33.8 Å². The second-order valence-corrected chi connectivity index (χ2v) is 6.05. The number of imidazole rings is 1. The molecule has 2 aromatic rings. The second-order valence-electron chi connectivity index (χ2n) is 6.05. The highest BCUT2D eigenvalue weighted by molar-refractivity contribution is 5.71. The summed E-state index contributed by atoms with van der Waals surface area (Å²) in [5, 5.41) is 3.57. The number of nitrogens with zero attached hydrogens (tertiary/aromatic N) is 3. The number of hydrogen-bond donors (Lipinski definition) is 1. The van der Waals surface area contributed by atoms with Crippen LogP contribution in [-0.2, 0) is 11.2 Å². The van der Waals surface area contributed by atoms with E-state index < -0.39 is 0 Å². The normalized spacial score (nSPS) is 26.5. The fraction of sp³-hybridized carbons (Fsp3) is 0.625. The van der Waals surface area contributed by atoms with Crippen LogP contribution in [0.15, 0.2) is 18.3 Å². The van der Waals surface area contributed by atoms with Crippen LogP contribution < -0.4 is 5.32 Å². The van der Waals surface area contributed by atoms with Crippen molar-refractivity contribution in [2.24, 2.45) is 0 Å². The first kappa shape index (κ1) is 13.2. The van der Waals surface area contributed by atoms with Crippen molar-refractivity contribution in [3.05, 3.63) is 24.2 Å². The maximum Gasteiger partial charge on any atom is 0.161 e. The van der Waals surface area contributed by atoms with E-state index in [0.717, 1.165) is 49.4 Å². The van der Waals surface area contributed by atoms with Gasteiger partial charge in [-0.1, -0.05) is 0 Å².